The van der Waals surface area contributed by atoms with Gasteiger partial charge in [-0.3, -0.25) is 19.6 Å². The average Bonchev–Trinajstić information content (AvgIpc) is 2.91. The number of nitrogens with two attached hydrogens (primary N) is 2. The van der Waals surface area contributed by atoms with Gasteiger partial charge in [-0.15, -0.1) is 0 Å². The quantitative estimate of drug-likeness (QED) is 0.0879. The van der Waals surface area contributed by atoms with Crippen molar-refractivity contribution in [2.24, 2.45) is 21.9 Å². The molecule has 9 nitrogen and oxygen atoms in total. The van der Waals surface area contributed by atoms with E-state index in [9.17, 15) is 19.5 Å². The third-order valence-electron chi connectivity index (χ3n) is 5.40. The number of Topliss-reactive ketones (excluding diaryl/α,β-unsaturated/α-hetero) is 1. The molecule has 0 saturated carbocycles. The summed E-state index contributed by atoms with van der Waals surface area (Å²) in [4.78, 5) is 45.8. The Bertz CT molecular complexity index is 924. The molecule has 2 fully saturated rings. The first-order valence-electron chi connectivity index (χ1n) is 9.41. The van der Waals surface area contributed by atoms with Gasteiger partial charge in [0.15, 0.2) is 11.7 Å². The monoisotopic (exact) mass is 421 g/mol. The van der Waals surface area contributed by atoms with Crippen LogP contribution >= 0.6 is 0 Å². The maximum Gasteiger partial charge on any atom is 1.00 e. The second-order valence-electron chi connectivity index (χ2n) is 8.04. The molecule has 2 atom stereocenters. The molecule has 1 aromatic heterocycles. The van der Waals surface area contributed by atoms with Gasteiger partial charge in [0.05, 0.1) is 23.7 Å². The van der Waals surface area contributed by atoms with E-state index in [2.05, 4.69) is 9.98 Å². The van der Waals surface area contributed by atoms with Gasteiger partial charge in [0, 0.05) is 30.3 Å². The van der Waals surface area contributed by atoms with Crippen LogP contribution in [-0.2, 0) is 9.59 Å². The number of carbonyl (C=O) groups is 3. The van der Waals surface area contributed by atoms with E-state index in [1.54, 1.807) is 18.2 Å². The van der Waals surface area contributed by atoms with Crippen LogP contribution in [0.2, 0.25) is 0 Å². The molecule has 0 aromatic carbocycles. The number of carboxylic acids is 1. The van der Waals surface area contributed by atoms with Gasteiger partial charge in [-0.05, 0) is 36.5 Å². The zero-order valence-electron chi connectivity index (χ0n) is 17.4. The second-order valence-corrected chi connectivity index (χ2v) is 8.04. The second kappa shape index (κ2) is 9.28. The molecule has 0 bridgehead atoms. The number of aliphatic imine (C=N–C) groups is 1. The van der Waals surface area contributed by atoms with E-state index < -0.39 is 17.4 Å². The van der Waals surface area contributed by atoms with E-state index in [0.29, 0.717) is 36.2 Å². The first kappa shape index (κ1) is 24.0. The summed E-state index contributed by atoms with van der Waals surface area (Å²) in [6.45, 7) is 4.00. The Balaban J connectivity index is 0.00000320. The van der Waals surface area contributed by atoms with Crippen molar-refractivity contribution in [3.05, 3.63) is 35.2 Å². The van der Waals surface area contributed by atoms with E-state index in [0.717, 1.165) is 0 Å². The standard InChI is InChI=1S/C20H25N5O4.Na/c1-20(2)10-14-13(17(27)25(14)16(20)18(28)29)9-12-8-11(5-7-23-12)15(26)4-3-6-24-19(21)22;/h5,7-9,14,16H,3-4,6,10H2,1-2H3,(H,28,29)(H4,21,22,24);/q;+1/p-1/b13-9+;/t14?,16-;/m0./s1. The molecule has 1 aromatic rings. The molecule has 10 heteroatoms. The van der Waals surface area contributed by atoms with E-state index in [1.807, 2.05) is 13.8 Å². The van der Waals surface area contributed by atoms with Crippen LogP contribution in [0.1, 0.15) is 49.2 Å². The third-order valence-corrected chi connectivity index (χ3v) is 5.40. The van der Waals surface area contributed by atoms with Crippen molar-refractivity contribution in [3.63, 3.8) is 0 Å². The molecule has 2 aliphatic rings. The van der Waals surface area contributed by atoms with Crippen molar-refractivity contribution in [1.29, 1.82) is 0 Å². The minimum atomic E-state index is -1.24. The maximum absolute atomic E-state index is 12.5. The number of β-lactam (4-membered cyclic amide) rings is 1. The topological polar surface area (TPSA) is 155 Å². The van der Waals surface area contributed by atoms with Crippen LogP contribution in [0.5, 0.6) is 0 Å². The Morgan fingerprint density at radius 2 is 2.10 bits per heavy atom. The van der Waals surface area contributed by atoms with Crippen molar-refractivity contribution >= 4 is 29.7 Å². The molecule has 154 valence electrons. The van der Waals surface area contributed by atoms with Gasteiger partial charge in [0.1, 0.15) is 0 Å². The average molecular weight is 421 g/mol. The summed E-state index contributed by atoms with van der Waals surface area (Å²) in [6.07, 6.45) is 4.48. The molecular weight excluding hydrogens is 397 g/mol. The van der Waals surface area contributed by atoms with Gasteiger partial charge in [0.2, 0.25) is 0 Å². The summed E-state index contributed by atoms with van der Waals surface area (Å²) in [5, 5.41) is 11.5. The largest absolute Gasteiger partial charge is 1.00 e. The summed E-state index contributed by atoms with van der Waals surface area (Å²) in [6, 6.07) is 2.02. The van der Waals surface area contributed by atoms with E-state index >= 15 is 0 Å². The molecule has 0 aliphatic carbocycles. The van der Waals surface area contributed by atoms with Crippen molar-refractivity contribution < 1.29 is 49.0 Å². The molecule has 3 rings (SSSR count). The van der Waals surface area contributed by atoms with Gasteiger partial charge < -0.3 is 26.3 Å². The number of nitrogens with zero attached hydrogens (tertiary/aromatic N) is 3. The maximum atomic E-state index is 12.5. The van der Waals surface area contributed by atoms with Gasteiger partial charge >= 0.3 is 29.6 Å². The predicted molar refractivity (Wildman–Crippen MR) is 104 cm³/mol. The van der Waals surface area contributed by atoms with Gasteiger partial charge in [-0.1, -0.05) is 13.8 Å². The fourth-order valence-corrected chi connectivity index (χ4v) is 4.05. The summed E-state index contributed by atoms with van der Waals surface area (Å²) >= 11 is 0. The normalized spacial score (nSPS) is 22.7. The molecule has 1 unspecified atom stereocenters. The number of carboxylic acid groups (broad SMARTS) is 1. The molecule has 0 spiro atoms. The van der Waals surface area contributed by atoms with Crippen LogP contribution in [0.4, 0.5) is 0 Å². The zero-order chi connectivity index (χ0) is 21.3. The minimum Gasteiger partial charge on any atom is -0.548 e. The SMILES string of the molecule is CC1(C)CC2/C(=C\c3cc(C(=O)CCCN=C(N)N)ccn3)C(=O)N2[C@H]1C(=O)[O-].[Na+]. The molecule has 3 heterocycles. The first-order valence-corrected chi connectivity index (χ1v) is 9.41. The smallest absolute Gasteiger partial charge is 0.548 e. The third kappa shape index (κ3) is 4.74. The molecule has 30 heavy (non-hydrogen) atoms. The van der Waals surface area contributed by atoms with Crippen LogP contribution in [-0.4, -0.2) is 52.1 Å². The van der Waals surface area contributed by atoms with E-state index in [1.165, 1.54) is 11.1 Å². The number of ketones is 1. The van der Waals surface area contributed by atoms with Gasteiger partial charge in [0.25, 0.3) is 5.91 Å². The number of aromatic nitrogens is 1. The number of fused-ring (bicyclic) bond motifs is 1. The van der Waals surface area contributed by atoms with E-state index in [4.69, 9.17) is 11.5 Å². The molecular formula is C20H24N5NaO4. The Kier molecular flexibility index (Phi) is 7.44. The molecule has 4 N–H and O–H groups in total. The number of hydrogen-bond acceptors (Lipinski definition) is 6. The van der Waals surface area contributed by atoms with Gasteiger partial charge in [-0.25, -0.2) is 0 Å². The van der Waals surface area contributed by atoms with Crippen LogP contribution in [0, 0.1) is 5.41 Å². The molecule has 0 radical (unpaired) electrons. The Morgan fingerprint density at radius 3 is 2.73 bits per heavy atom. The minimum absolute atomic E-state index is 0. The Morgan fingerprint density at radius 1 is 1.40 bits per heavy atom. The van der Waals surface area contributed by atoms with E-state index in [-0.39, 0.29) is 59.7 Å². The fraction of sp³-hybridized carbons (Fsp3) is 0.450. The summed E-state index contributed by atoms with van der Waals surface area (Å²) < 4.78 is 0. The van der Waals surface area contributed by atoms with Crippen LogP contribution in [0.25, 0.3) is 6.08 Å². The van der Waals surface area contributed by atoms with Crippen molar-refractivity contribution in [2.45, 2.75) is 45.2 Å². The van der Waals surface area contributed by atoms with Crippen LogP contribution in [0.15, 0.2) is 28.9 Å². The van der Waals surface area contributed by atoms with Crippen molar-refractivity contribution in [1.82, 2.24) is 9.88 Å². The number of guanidine groups is 1. The summed E-state index contributed by atoms with van der Waals surface area (Å²) in [5.74, 6) is -1.65. The molecule has 1 amide bonds. The number of hydrogen-bond donors (Lipinski definition) is 2. The predicted octanol–water partition coefficient (Wildman–Crippen LogP) is -3.54. The molecule has 2 aliphatic heterocycles. The zero-order valence-corrected chi connectivity index (χ0v) is 19.4. The van der Waals surface area contributed by atoms with Crippen molar-refractivity contribution in [2.75, 3.05) is 6.54 Å². The Hall–Kier alpha value is -2.23. The number of rotatable bonds is 7. The summed E-state index contributed by atoms with van der Waals surface area (Å²) in [5.41, 5.74) is 11.4. The summed E-state index contributed by atoms with van der Waals surface area (Å²) in [7, 11) is 0. The van der Waals surface area contributed by atoms with Crippen LogP contribution in [0.3, 0.4) is 0 Å². The number of aliphatic carboxylic acids is 1. The number of carbonyl (C=O) groups excluding carboxylic acids is 3. The fourth-order valence-electron chi connectivity index (χ4n) is 4.05. The number of pyridine rings is 1. The van der Waals surface area contributed by atoms with Crippen molar-refractivity contribution in [3.8, 4) is 0 Å². The van der Waals surface area contributed by atoms with Gasteiger partial charge in [-0.2, -0.15) is 0 Å². The molecule has 2 saturated heterocycles. The first-order chi connectivity index (χ1) is 13.6. The number of amides is 1. The van der Waals surface area contributed by atoms with Crippen LogP contribution < -0.4 is 46.1 Å². The Labute approximate surface area is 196 Å².